The maximum absolute atomic E-state index is 12.9. The van der Waals surface area contributed by atoms with Gasteiger partial charge < -0.3 is 19.4 Å². The summed E-state index contributed by atoms with van der Waals surface area (Å²) in [6, 6.07) is 18.0. The lowest BCUT2D eigenvalue weighted by atomic mass is 10.1. The van der Waals surface area contributed by atoms with Gasteiger partial charge in [-0.3, -0.25) is 9.59 Å². The summed E-state index contributed by atoms with van der Waals surface area (Å²) in [5.41, 5.74) is 2.21. The Labute approximate surface area is 176 Å². The Balaban J connectivity index is 1.41. The van der Waals surface area contributed by atoms with E-state index >= 15 is 0 Å². The third kappa shape index (κ3) is 4.58. The summed E-state index contributed by atoms with van der Waals surface area (Å²) >= 11 is 3.43. The van der Waals surface area contributed by atoms with E-state index in [1.807, 2.05) is 24.3 Å². The molecule has 29 heavy (non-hydrogen) atoms. The predicted molar refractivity (Wildman–Crippen MR) is 112 cm³/mol. The number of hydrogen-bond donors (Lipinski definition) is 1. The van der Waals surface area contributed by atoms with Gasteiger partial charge in [0.2, 0.25) is 0 Å². The Bertz CT molecular complexity index is 985. The van der Waals surface area contributed by atoms with E-state index in [4.69, 9.17) is 9.15 Å². The predicted octanol–water partition coefficient (Wildman–Crippen LogP) is 4.51. The van der Waals surface area contributed by atoms with E-state index in [-0.39, 0.29) is 23.7 Å². The maximum atomic E-state index is 12.9. The van der Waals surface area contributed by atoms with Gasteiger partial charge in [0.15, 0.2) is 5.76 Å². The van der Waals surface area contributed by atoms with Crippen LogP contribution in [0.25, 0.3) is 0 Å². The second kappa shape index (κ2) is 8.63. The Morgan fingerprint density at radius 1 is 1.03 bits per heavy atom. The van der Waals surface area contributed by atoms with Gasteiger partial charge in [0.05, 0.1) is 19.4 Å². The van der Waals surface area contributed by atoms with Gasteiger partial charge in [-0.05, 0) is 54.1 Å². The van der Waals surface area contributed by atoms with Crippen molar-refractivity contribution in [1.29, 1.82) is 0 Å². The van der Waals surface area contributed by atoms with Crippen molar-refractivity contribution in [2.45, 2.75) is 6.10 Å². The van der Waals surface area contributed by atoms with Crippen molar-refractivity contribution >= 4 is 33.4 Å². The average molecular weight is 455 g/mol. The number of carbonyl (C=O) groups excluding carboxylic acids is 2. The molecule has 0 radical (unpaired) electrons. The lowest BCUT2D eigenvalue weighted by Crippen LogP contribution is -2.42. The molecule has 0 saturated carbocycles. The summed E-state index contributed by atoms with van der Waals surface area (Å²) < 4.78 is 11.9. The molecule has 3 aromatic rings. The molecule has 0 bridgehead atoms. The largest absolute Gasteiger partial charge is 0.459 e. The number of nitrogens with one attached hydrogen (secondary N) is 1. The molecular formula is C22H19BrN2O4. The third-order valence-corrected chi connectivity index (χ3v) is 5.26. The fourth-order valence-corrected chi connectivity index (χ4v) is 3.46. The molecule has 148 valence electrons. The van der Waals surface area contributed by atoms with E-state index in [1.54, 1.807) is 41.3 Å². The second-order valence-electron chi connectivity index (χ2n) is 6.67. The van der Waals surface area contributed by atoms with E-state index in [0.717, 1.165) is 10.0 Å². The summed E-state index contributed by atoms with van der Waals surface area (Å²) in [5.74, 6) is -0.156. The zero-order chi connectivity index (χ0) is 20.2. The number of halogens is 1. The molecule has 0 aliphatic carbocycles. The molecule has 6 nitrogen and oxygen atoms in total. The molecule has 1 aromatic heterocycles. The van der Waals surface area contributed by atoms with Gasteiger partial charge in [0, 0.05) is 22.3 Å². The number of nitrogens with zero attached hydrogens (tertiary/aromatic N) is 1. The number of amides is 2. The molecule has 2 aromatic carbocycles. The first-order valence-corrected chi connectivity index (χ1v) is 10.0. The zero-order valence-electron chi connectivity index (χ0n) is 15.5. The number of hydrogen-bond acceptors (Lipinski definition) is 4. The Hall–Kier alpha value is -2.90. The zero-order valence-corrected chi connectivity index (χ0v) is 17.1. The number of furan rings is 1. The van der Waals surface area contributed by atoms with Crippen molar-refractivity contribution in [2.24, 2.45) is 0 Å². The quantitative estimate of drug-likeness (QED) is 0.629. The average Bonchev–Trinajstić information content (AvgIpc) is 3.30. The van der Waals surface area contributed by atoms with Crippen molar-refractivity contribution in [1.82, 2.24) is 4.90 Å². The maximum Gasteiger partial charge on any atom is 0.291 e. The lowest BCUT2D eigenvalue weighted by Gasteiger charge is -2.33. The normalized spacial score (nSPS) is 16.4. The summed E-state index contributed by atoms with van der Waals surface area (Å²) in [7, 11) is 0. The number of morpholine rings is 1. The topological polar surface area (TPSA) is 71.8 Å². The highest BCUT2D eigenvalue weighted by atomic mass is 79.9. The van der Waals surface area contributed by atoms with E-state index in [2.05, 4.69) is 21.2 Å². The summed E-state index contributed by atoms with van der Waals surface area (Å²) in [6.07, 6.45) is 1.30. The van der Waals surface area contributed by atoms with E-state index in [0.29, 0.717) is 30.9 Å². The van der Waals surface area contributed by atoms with Crippen LogP contribution in [0.1, 0.15) is 32.6 Å². The van der Waals surface area contributed by atoms with Crippen LogP contribution in [-0.4, -0.2) is 36.4 Å². The van der Waals surface area contributed by atoms with Crippen LogP contribution in [0, 0.1) is 0 Å². The molecule has 1 atom stereocenters. The molecular weight excluding hydrogens is 436 g/mol. The van der Waals surface area contributed by atoms with Crippen LogP contribution in [0.2, 0.25) is 0 Å². The summed E-state index contributed by atoms with van der Waals surface area (Å²) in [6.45, 7) is 1.53. The highest BCUT2D eigenvalue weighted by Crippen LogP contribution is 2.25. The van der Waals surface area contributed by atoms with Crippen molar-refractivity contribution in [2.75, 3.05) is 25.0 Å². The van der Waals surface area contributed by atoms with Crippen LogP contribution < -0.4 is 5.32 Å². The lowest BCUT2D eigenvalue weighted by molar-refractivity contribution is -0.0228. The van der Waals surface area contributed by atoms with Gasteiger partial charge in [-0.1, -0.05) is 28.1 Å². The molecule has 1 unspecified atom stereocenters. The van der Waals surface area contributed by atoms with Gasteiger partial charge in [-0.25, -0.2) is 0 Å². The monoisotopic (exact) mass is 454 g/mol. The SMILES string of the molecule is O=C(Nc1ccc(C(=O)N2CCOC(c3ccc(Br)cc3)C2)cc1)c1ccco1. The first kappa shape index (κ1) is 19.4. The molecule has 7 heteroatoms. The van der Waals surface area contributed by atoms with E-state index < -0.39 is 0 Å². The molecule has 2 amide bonds. The Kier molecular flexibility index (Phi) is 5.78. The van der Waals surface area contributed by atoms with Crippen LogP contribution >= 0.6 is 15.9 Å². The van der Waals surface area contributed by atoms with Crippen LogP contribution in [0.3, 0.4) is 0 Å². The molecule has 1 aliphatic heterocycles. The summed E-state index contributed by atoms with van der Waals surface area (Å²) in [4.78, 5) is 26.7. The third-order valence-electron chi connectivity index (χ3n) is 4.73. The minimum atomic E-state index is -0.334. The van der Waals surface area contributed by atoms with Crippen molar-refractivity contribution in [3.63, 3.8) is 0 Å². The molecule has 2 heterocycles. The summed E-state index contributed by atoms with van der Waals surface area (Å²) in [5, 5.41) is 2.74. The number of carbonyl (C=O) groups is 2. The highest BCUT2D eigenvalue weighted by molar-refractivity contribution is 9.10. The minimum Gasteiger partial charge on any atom is -0.459 e. The van der Waals surface area contributed by atoms with Crippen LogP contribution in [-0.2, 0) is 4.74 Å². The first-order chi connectivity index (χ1) is 14.1. The highest BCUT2D eigenvalue weighted by Gasteiger charge is 2.26. The van der Waals surface area contributed by atoms with Gasteiger partial charge in [0.25, 0.3) is 11.8 Å². The van der Waals surface area contributed by atoms with Gasteiger partial charge in [-0.2, -0.15) is 0 Å². The molecule has 1 N–H and O–H groups in total. The minimum absolute atomic E-state index is 0.0562. The fourth-order valence-electron chi connectivity index (χ4n) is 3.19. The van der Waals surface area contributed by atoms with Gasteiger partial charge in [0.1, 0.15) is 6.10 Å². The van der Waals surface area contributed by atoms with Crippen LogP contribution in [0.5, 0.6) is 0 Å². The van der Waals surface area contributed by atoms with Crippen molar-refractivity contribution in [3.05, 3.63) is 88.3 Å². The van der Waals surface area contributed by atoms with Gasteiger partial charge in [-0.15, -0.1) is 0 Å². The number of ether oxygens (including phenoxy) is 1. The van der Waals surface area contributed by atoms with Crippen LogP contribution in [0.4, 0.5) is 5.69 Å². The van der Waals surface area contributed by atoms with E-state index in [1.165, 1.54) is 6.26 Å². The fraction of sp³-hybridized carbons (Fsp3) is 0.182. The van der Waals surface area contributed by atoms with Gasteiger partial charge >= 0.3 is 0 Å². The number of benzene rings is 2. The molecule has 0 spiro atoms. The van der Waals surface area contributed by atoms with Crippen molar-refractivity contribution in [3.8, 4) is 0 Å². The Morgan fingerprint density at radius 3 is 2.48 bits per heavy atom. The number of anilines is 1. The van der Waals surface area contributed by atoms with E-state index in [9.17, 15) is 9.59 Å². The smallest absolute Gasteiger partial charge is 0.291 e. The standard InChI is InChI=1S/C22H19BrN2O4/c23-17-7-3-15(4-8-17)20-14-25(11-13-29-20)22(27)16-5-9-18(10-6-16)24-21(26)19-2-1-12-28-19/h1-10,12,20H,11,13-14H2,(H,24,26). The molecule has 1 aliphatic rings. The molecule has 4 rings (SSSR count). The second-order valence-corrected chi connectivity index (χ2v) is 7.59. The molecule has 1 fully saturated rings. The van der Waals surface area contributed by atoms with Crippen molar-refractivity contribution < 1.29 is 18.7 Å². The Morgan fingerprint density at radius 2 is 1.79 bits per heavy atom. The molecule has 1 saturated heterocycles. The first-order valence-electron chi connectivity index (χ1n) is 9.21. The number of rotatable bonds is 4. The van der Waals surface area contributed by atoms with Crippen LogP contribution in [0.15, 0.2) is 75.8 Å².